The first-order valence-electron chi connectivity index (χ1n) is 5.33. The van der Waals surface area contributed by atoms with Crippen LogP contribution in [0.4, 0.5) is 5.69 Å². The number of nitrogens with one attached hydrogen (secondary N) is 1. The molecule has 18 heavy (non-hydrogen) atoms. The van der Waals surface area contributed by atoms with Gasteiger partial charge in [-0.05, 0) is 35.0 Å². The Morgan fingerprint density at radius 1 is 1.50 bits per heavy atom. The standard InChI is InChI=1S/C11H12BrN5O/c1-7-3-4-8(5-9(7)12)13-11(18)6-10-14-15-16-17(10)2/h3-5H,6H2,1-2H3,(H,13,18). The molecular weight excluding hydrogens is 298 g/mol. The first kappa shape index (κ1) is 12.7. The molecule has 1 N–H and O–H groups in total. The number of aryl methyl sites for hydroxylation is 2. The van der Waals surface area contributed by atoms with Crippen LogP contribution in [0.5, 0.6) is 0 Å². The maximum Gasteiger partial charge on any atom is 0.232 e. The van der Waals surface area contributed by atoms with Crippen molar-refractivity contribution in [3.8, 4) is 0 Å². The van der Waals surface area contributed by atoms with Gasteiger partial charge in [0.2, 0.25) is 5.91 Å². The van der Waals surface area contributed by atoms with Crippen LogP contribution < -0.4 is 5.32 Å². The Bertz CT molecular complexity index is 581. The number of hydrogen-bond acceptors (Lipinski definition) is 4. The quantitative estimate of drug-likeness (QED) is 0.931. The first-order valence-corrected chi connectivity index (χ1v) is 6.13. The normalized spacial score (nSPS) is 10.4. The van der Waals surface area contributed by atoms with E-state index in [0.29, 0.717) is 5.82 Å². The summed E-state index contributed by atoms with van der Waals surface area (Å²) in [5.41, 5.74) is 1.86. The predicted octanol–water partition coefficient (Wildman–Crippen LogP) is 1.46. The summed E-state index contributed by atoms with van der Waals surface area (Å²) in [5.74, 6) is 0.377. The van der Waals surface area contributed by atoms with Crippen LogP contribution in [0.2, 0.25) is 0 Å². The van der Waals surface area contributed by atoms with E-state index >= 15 is 0 Å². The third-order valence-corrected chi connectivity index (χ3v) is 3.34. The van der Waals surface area contributed by atoms with Crippen LogP contribution >= 0.6 is 15.9 Å². The van der Waals surface area contributed by atoms with E-state index in [0.717, 1.165) is 15.7 Å². The Morgan fingerprint density at radius 2 is 2.28 bits per heavy atom. The highest BCUT2D eigenvalue weighted by Gasteiger charge is 2.09. The lowest BCUT2D eigenvalue weighted by Crippen LogP contribution is -2.17. The number of benzene rings is 1. The van der Waals surface area contributed by atoms with Crippen LogP contribution in [0.15, 0.2) is 22.7 Å². The van der Waals surface area contributed by atoms with E-state index in [-0.39, 0.29) is 12.3 Å². The number of carbonyl (C=O) groups excluding carboxylic acids is 1. The highest BCUT2D eigenvalue weighted by molar-refractivity contribution is 9.10. The summed E-state index contributed by atoms with van der Waals surface area (Å²) in [4.78, 5) is 11.8. The zero-order valence-electron chi connectivity index (χ0n) is 10.0. The number of aromatic nitrogens is 4. The molecular formula is C11H12BrN5O. The summed E-state index contributed by atoms with van der Waals surface area (Å²) in [6.45, 7) is 1.99. The molecule has 0 saturated carbocycles. The third-order valence-electron chi connectivity index (χ3n) is 2.48. The molecule has 1 amide bonds. The molecule has 0 aliphatic rings. The second-order valence-electron chi connectivity index (χ2n) is 3.91. The van der Waals surface area contributed by atoms with E-state index in [9.17, 15) is 4.79 Å². The number of amides is 1. The summed E-state index contributed by atoms with van der Waals surface area (Å²) in [6.07, 6.45) is 0.148. The lowest BCUT2D eigenvalue weighted by atomic mass is 10.2. The molecule has 0 atom stereocenters. The number of halogens is 1. The van der Waals surface area contributed by atoms with Gasteiger partial charge in [-0.15, -0.1) is 5.10 Å². The fourth-order valence-electron chi connectivity index (χ4n) is 1.42. The highest BCUT2D eigenvalue weighted by atomic mass is 79.9. The van der Waals surface area contributed by atoms with Gasteiger partial charge in [-0.25, -0.2) is 4.68 Å². The molecule has 7 heteroatoms. The Morgan fingerprint density at radius 3 is 2.89 bits per heavy atom. The minimum atomic E-state index is -0.149. The smallest absolute Gasteiger partial charge is 0.232 e. The Hall–Kier alpha value is -1.76. The number of carbonyl (C=O) groups is 1. The van der Waals surface area contributed by atoms with Crippen molar-refractivity contribution < 1.29 is 4.79 Å². The highest BCUT2D eigenvalue weighted by Crippen LogP contribution is 2.20. The van der Waals surface area contributed by atoms with Gasteiger partial charge in [-0.2, -0.15) is 0 Å². The topological polar surface area (TPSA) is 72.7 Å². The molecule has 2 aromatic rings. The third kappa shape index (κ3) is 2.92. The van der Waals surface area contributed by atoms with Gasteiger partial charge >= 0.3 is 0 Å². The van der Waals surface area contributed by atoms with Crippen LogP contribution in [0.25, 0.3) is 0 Å². The molecule has 1 aromatic carbocycles. The Kier molecular flexibility index (Phi) is 3.71. The largest absolute Gasteiger partial charge is 0.326 e. The average molecular weight is 310 g/mol. The van der Waals surface area contributed by atoms with Crippen LogP contribution in [0.3, 0.4) is 0 Å². The first-order chi connectivity index (χ1) is 8.56. The van der Waals surface area contributed by atoms with E-state index in [1.807, 2.05) is 25.1 Å². The summed E-state index contributed by atoms with van der Waals surface area (Å²) in [5, 5.41) is 13.7. The molecule has 6 nitrogen and oxygen atoms in total. The van der Waals surface area contributed by atoms with Gasteiger partial charge in [-0.3, -0.25) is 4.79 Å². The summed E-state index contributed by atoms with van der Waals surface area (Å²) < 4.78 is 2.44. The minimum Gasteiger partial charge on any atom is -0.326 e. The van der Waals surface area contributed by atoms with Crippen molar-refractivity contribution in [3.05, 3.63) is 34.1 Å². The fraction of sp³-hybridized carbons (Fsp3) is 0.273. The van der Waals surface area contributed by atoms with Gasteiger partial charge in [0.05, 0.1) is 6.42 Å². The number of nitrogens with zero attached hydrogens (tertiary/aromatic N) is 4. The summed E-state index contributed by atoms with van der Waals surface area (Å²) in [6, 6.07) is 5.65. The van der Waals surface area contributed by atoms with Crippen LogP contribution in [0, 0.1) is 6.92 Å². The Balaban J connectivity index is 2.03. The van der Waals surface area contributed by atoms with Crippen LogP contribution in [-0.4, -0.2) is 26.1 Å². The molecule has 0 fully saturated rings. The van der Waals surface area contributed by atoms with E-state index in [1.165, 1.54) is 4.68 Å². The molecule has 94 valence electrons. The molecule has 0 saturated heterocycles. The molecule has 0 spiro atoms. The second kappa shape index (κ2) is 5.26. The molecule has 0 aliphatic heterocycles. The van der Waals surface area contributed by atoms with Crippen molar-refractivity contribution in [3.63, 3.8) is 0 Å². The van der Waals surface area contributed by atoms with Gasteiger partial charge in [0, 0.05) is 17.2 Å². The molecule has 1 aromatic heterocycles. The molecule has 0 unspecified atom stereocenters. The summed E-state index contributed by atoms with van der Waals surface area (Å²) >= 11 is 3.42. The van der Waals surface area contributed by atoms with E-state index in [2.05, 4.69) is 36.8 Å². The molecule has 0 radical (unpaired) electrons. The SMILES string of the molecule is Cc1ccc(NC(=O)Cc2nnnn2C)cc1Br. The van der Waals surface area contributed by atoms with Gasteiger partial charge in [-0.1, -0.05) is 22.0 Å². The van der Waals surface area contributed by atoms with Crippen molar-refractivity contribution in [2.75, 3.05) is 5.32 Å². The van der Waals surface area contributed by atoms with Gasteiger partial charge < -0.3 is 5.32 Å². The molecule has 0 aliphatic carbocycles. The van der Waals surface area contributed by atoms with Crippen LogP contribution in [-0.2, 0) is 18.3 Å². The minimum absolute atomic E-state index is 0.148. The number of anilines is 1. The maximum absolute atomic E-state index is 11.8. The number of tetrazole rings is 1. The van der Waals surface area contributed by atoms with Crippen LogP contribution in [0.1, 0.15) is 11.4 Å². The fourth-order valence-corrected chi connectivity index (χ4v) is 1.80. The number of rotatable bonds is 3. The van der Waals surface area contributed by atoms with E-state index < -0.39 is 0 Å². The Labute approximate surface area is 113 Å². The molecule has 1 heterocycles. The van der Waals surface area contributed by atoms with Gasteiger partial charge in [0.1, 0.15) is 0 Å². The van der Waals surface area contributed by atoms with Gasteiger partial charge in [0.15, 0.2) is 5.82 Å². The maximum atomic E-state index is 11.8. The van der Waals surface area contributed by atoms with Crippen molar-refractivity contribution in [2.24, 2.45) is 7.05 Å². The molecule has 2 rings (SSSR count). The monoisotopic (exact) mass is 309 g/mol. The van der Waals surface area contributed by atoms with Crippen molar-refractivity contribution in [1.82, 2.24) is 20.2 Å². The van der Waals surface area contributed by atoms with Crippen molar-refractivity contribution in [1.29, 1.82) is 0 Å². The van der Waals surface area contributed by atoms with Gasteiger partial charge in [0.25, 0.3) is 0 Å². The van der Waals surface area contributed by atoms with Crippen molar-refractivity contribution >= 4 is 27.5 Å². The lowest BCUT2D eigenvalue weighted by molar-refractivity contribution is -0.115. The van der Waals surface area contributed by atoms with E-state index in [4.69, 9.17) is 0 Å². The van der Waals surface area contributed by atoms with E-state index in [1.54, 1.807) is 7.05 Å². The molecule has 0 bridgehead atoms. The average Bonchev–Trinajstić information content (AvgIpc) is 2.70. The zero-order chi connectivity index (χ0) is 13.1. The number of hydrogen-bond donors (Lipinski definition) is 1. The zero-order valence-corrected chi connectivity index (χ0v) is 11.6. The second-order valence-corrected chi connectivity index (χ2v) is 4.76. The van der Waals surface area contributed by atoms with Crippen molar-refractivity contribution in [2.45, 2.75) is 13.3 Å². The predicted molar refractivity (Wildman–Crippen MR) is 70.0 cm³/mol. The summed E-state index contributed by atoms with van der Waals surface area (Å²) in [7, 11) is 1.70. The lowest BCUT2D eigenvalue weighted by Gasteiger charge is -2.06.